The number of rotatable bonds is 6. The molecule has 2 aliphatic heterocycles. The zero-order chi connectivity index (χ0) is 18.5. The molecule has 0 radical (unpaired) electrons. The van der Waals surface area contributed by atoms with Crippen LogP contribution in [0.2, 0.25) is 0 Å². The minimum Gasteiger partial charge on any atom is -0.496 e. The molecule has 1 amide bonds. The molecule has 2 saturated heterocycles. The van der Waals surface area contributed by atoms with Crippen molar-refractivity contribution in [1.29, 1.82) is 0 Å². The molecular weight excluding hydrogens is 332 g/mol. The van der Waals surface area contributed by atoms with Crippen molar-refractivity contribution < 1.29 is 19.0 Å². The Morgan fingerprint density at radius 3 is 2.27 bits per heavy atom. The topological polar surface area (TPSA) is 51.2 Å². The van der Waals surface area contributed by atoms with Crippen LogP contribution in [0.5, 0.6) is 17.2 Å². The first kappa shape index (κ1) is 18.8. The Balaban J connectivity index is 1.70. The van der Waals surface area contributed by atoms with Crippen LogP contribution in [0, 0.1) is 5.92 Å². The average molecular weight is 362 g/mol. The van der Waals surface area contributed by atoms with Crippen LogP contribution < -0.4 is 14.2 Å². The standard InChI is InChI=1S/C20H30N2O4/c1-24-17-12-19(26-3)18(25-2)11-16(17)14-21-8-6-7-15(13-21)20(23)22-9-4-5-10-22/h11-12,15H,4-10,13-14H2,1-3H3/t15-/m1/s1. The molecule has 0 aliphatic carbocycles. The molecule has 0 spiro atoms. The van der Waals surface area contributed by atoms with E-state index >= 15 is 0 Å². The smallest absolute Gasteiger partial charge is 0.226 e. The predicted molar refractivity (Wildman–Crippen MR) is 99.9 cm³/mol. The molecule has 0 aromatic heterocycles. The Hall–Kier alpha value is -1.95. The third-order valence-corrected chi connectivity index (χ3v) is 5.45. The molecule has 2 fully saturated rings. The van der Waals surface area contributed by atoms with E-state index in [-0.39, 0.29) is 5.92 Å². The van der Waals surface area contributed by atoms with Crippen molar-refractivity contribution in [3.63, 3.8) is 0 Å². The summed E-state index contributed by atoms with van der Waals surface area (Å²) in [6.07, 6.45) is 4.34. The van der Waals surface area contributed by atoms with Crippen molar-refractivity contribution >= 4 is 5.91 Å². The zero-order valence-corrected chi connectivity index (χ0v) is 16.1. The number of nitrogens with zero attached hydrogens (tertiary/aromatic N) is 2. The Morgan fingerprint density at radius 2 is 1.62 bits per heavy atom. The van der Waals surface area contributed by atoms with Crippen molar-refractivity contribution in [2.24, 2.45) is 5.92 Å². The number of hydrogen-bond acceptors (Lipinski definition) is 5. The predicted octanol–water partition coefficient (Wildman–Crippen LogP) is 2.55. The van der Waals surface area contributed by atoms with Gasteiger partial charge in [-0.1, -0.05) is 0 Å². The second-order valence-electron chi connectivity index (χ2n) is 7.13. The molecule has 0 saturated carbocycles. The summed E-state index contributed by atoms with van der Waals surface area (Å²) in [4.78, 5) is 17.1. The van der Waals surface area contributed by atoms with E-state index in [4.69, 9.17) is 14.2 Å². The Labute approximate surface area is 156 Å². The van der Waals surface area contributed by atoms with Gasteiger partial charge >= 0.3 is 0 Å². The van der Waals surface area contributed by atoms with E-state index in [9.17, 15) is 4.79 Å². The van der Waals surface area contributed by atoms with Crippen LogP contribution >= 0.6 is 0 Å². The highest BCUT2D eigenvalue weighted by Crippen LogP contribution is 2.35. The van der Waals surface area contributed by atoms with Crippen LogP contribution in [0.3, 0.4) is 0 Å². The summed E-state index contributed by atoms with van der Waals surface area (Å²) < 4.78 is 16.3. The van der Waals surface area contributed by atoms with Crippen molar-refractivity contribution in [2.75, 3.05) is 47.5 Å². The first-order valence-corrected chi connectivity index (χ1v) is 9.46. The maximum Gasteiger partial charge on any atom is 0.226 e. The molecule has 1 aromatic carbocycles. The molecule has 0 unspecified atom stereocenters. The van der Waals surface area contributed by atoms with Crippen molar-refractivity contribution in [3.8, 4) is 17.2 Å². The van der Waals surface area contributed by atoms with Gasteiger partial charge in [0.25, 0.3) is 0 Å². The first-order valence-electron chi connectivity index (χ1n) is 9.46. The normalized spacial score (nSPS) is 20.9. The fourth-order valence-corrected chi connectivity index (χ4v) is 4.05. The maximum atomic E-state index is 12.7. The van der Waals surface area contributed by atoms with Gasteiger partial charge in [-0.25, -0.2) is 0 Å². The minimum absolute atomic E-state index is 0.119. The van der Waals surface area contributed by atoms with E-state index in [2.05, 4.69) is 4.90 Å². The molecule has 6 nitrogen and oxygen atoms in total. The summed E-state index contributed by atoms with van der Waals surface area (Å²) in [5.41, 5.74) is 1.06. The second kappa shape index (κ2) is 8.62. The van der Waals surface area contributed by atoms with Crippen LogP contribution in [-0.4, -0.2) is 63.2 Å². The van der Waals surface area contributed by atoms with E-state index in [1.54, 1.807) is 21.3 Å². The molecule has 26 heavy (non-hydrogen) atoms. The summed E-state index contributed by atoms with van der Waals surface area (Å²) in [5, 5.41) is 0. The van der Waals surface area contributed by atoms with E-state index < -0.39 is 0 Å². The molecule has 3 rings (SSSR count). The molecule has 144 valence electrons. The number of amides is 1. The largest absolute Gasteiger partial charge is 0.496 e. The van der Waals surface area contributed by atoms with Gasteiger partial charge in [-0.05, 0) is 38.3 Å². The van der Waals surface area contributed by atoms with Gasteiger partial charge in [0.1, 0.15) is 5.75 Å². The van der Waals surface area contributed by atoms with Gasteiger partial charge < -0.3 is 19.1 Å². The number of hydrogen-bond donors (Lipinski definition) is 0. The lowest BCUT2D eigenvalue weighted by Crippen LogP contribution is -2.43. The van der Waals surface area contributed by atoms with Crippen molar-refractivity contribution in [1.82, 2.24) is 9.80 Å². The molecule has 6 heteroatoms. The summed E-state index contributed by atoms with van der Waals surface area (Å²) in [7, 11) is 4.93. The number of benzene rings is 1. The highest BCUT2D eigenvalue weighted by atomic mass is 16.5. The van der Waals surface area contributed by atoms with E-state index in [0.717, 1.165) is 69.7 Å². The lowest BCUT2D eigenvalue weighted by Gasteiger charge is -2.34. The lowest BCUT2D eigenvalue weighted by atomic mass is 9.96. The number of carbonyl (C=O) groups excluding carboxylic acids is 1. The quantitative estimate of drug-likeness (QED) is 0.778. The van der Waals surface area contributed by atoms with Gasteiger partial charge in [0.2, 0.25) is 5.91 Å². The SMILES string of the molecule is COc1cc(OC)c(OC)cc1CN1CCC[C@@H](C(=O)N2CCCC2)C1. The Bertz CT molecular complexity index is 628. The third-order valence-electron chi connectivity index (χ3n) is 5.45. The van der Waals surface area contributed by atoms with Gasteiger partial charge in [0.05, 0.1) is 27.2 Å². The number of methoxy groups -OCH3 is 3. The summed E-state index contributed by atoms with van der Waals surface area (Å²) in [6, 6.07) is 3.84. The van der Waals surface area contributed by atoms with Crippen LogP contribution in [0.4, 0.5) is 0 Å². The molecule has 0 N–H and O–H groups in total. The average Bonchev–Trinajstić information content (AvgIpc) is 3.22. The number of likely N-dealkylation sites (tertiary alicyclic amines) is 2. The number of piperidine rings is 1. The van der Waals surface area contributed by atoms with Gasteiger partial charge in [-0.3, -0.25) is 9.69 Å². The summed E-state index contributed by atoms with van der Waals surface area (Å²) in [5.74, 6) is 2.61. The Kier molecular flexibility index (Phi) is 6.25. The van der Waals surface area contributed by atoms with Gasteiger partial charge in [-0.2, -0.15) is 0 Å². The lowest BCUT2D eigenvalue weighted by molar-refractivity contribution is -0.136. The molecule has 2 aliphatic rings. The van der Waals surface area contributed by atoms with Crippen LogP contribution in [0.25, 0.3) is 0 Å². The second-order valence-corrected chi connectivity index (χ2v) is 7.13. The minimum atomic E-state index is 0.119. The van der Waals surface area contributed by atoms with Gasteiger partial charge in [0.15, 0.2) is 11.5 Å². The van der Waals surface area contributed by atoms with E-state index in [1.165, 1.54) is 0 Å². The molecular formula is C20H30N2O4. The van der Waals surface area contributed by atoms with Crippen molar-refractivity contribution in [2.45, 2.75) is 32.2 Å². The molecule has 1 atom stereocenters. The van der Waals surface area contributed by atoms with E-state index in [0.29, 0.717) is 17.4 Å². The highest BCUT2D eigenvalue weighted by molar-refractivity contribution is 5.79. The molecule has 1 aromatic rings. The number of carbonyl (C=O) groups is 1. The first-order chi connectivity index (χ1) is 12.7. The molecule has 0 bridgehead atoms. The molecule has 2 heterocycles. The highest BCUT2D eigenvalue weighted by Gasteiger charge is 2.30. The van der Waals surface area contributed by atoms with Gasteiger partial charge in [0, 0.05) is 37.8 Å². The van der Waals surface area contributed by atoms with Crippen LogP contribution in [0.1, 0.15) is 31.2 Å². The maximum absolute atomic E-state index is 12.7. The summed E-state index contributed by atoms with van der Waals surface area (Å²) in [6.45, 7) is 4.42. The van der Waals surface area contributed by atoms with Crippen LogP contribution in [0.15, 0.2) is 12.1 Å². The van der Waals surface area contributed by atoms with Crippen LogP contribution in [-0.2, 0) is 11.3 Å². The van der Waals surface area contributed by atoms with Gasteiger partial charge in [-0.15, -0.1) is 0 Å². The number of ether oxygens (including phenoxy) is 3. The third kappa shape index (κ3) is 4.06. The van der Waals surface area contributed by atoms with Crippen molar-refractivity contribution in [3.05, 3.63) is 17.7 Å². The summed E-state index contributed by atoms with van der Waals surface area (Å²) >= 11 is 0. The Morgan fingerprint density at radius 1 is 0.962 bits per heavy atom. The zero-order valence-electron chi connectivity index (χ0n) is 16.1. The fraction of sp³-hybridized carbons (Fsp3) is 0.650. The fourth-order valence-electron chi connectivity index (χ4n) is 4.05. The monoisotopic (exact) mass is 362 g/mol. The van der Waals surface area contributed by atoms with E-state index in [1.807, 2.05) is 17.0 Å².